The maximum atomic E-state index is 12.5. The van der Waals surface area contributed by atoms with E-state index < -0.39 is 41.8 Å². The van der Waals surface area contributed by atoms with Gasteiger partial charge in [-0.2, -0.15) is 26.3 Å². The van der Waals surface area contributed by atoms with Gasteiger partial charge in [-0.3, -0.25) is 0 Å². The van der Waals surface area contributed by atoms with Crippen molar-refractivity contribution in [3.8, 4) is 5.75 Å². The lowest BCUT2D eigenvalue weighted by Gasteiger charge is -2.14. The molecule has 0 aliphatic carbocycles. The number of aliphatic carboxylic acids is 1. The summed E-state index contributed by atoms with van der Waals surface area (Å²) in [6, 6.07) is 0.785. The molecule has 0 aromatic heterocycles. The smallest absolute Gasteiger partial charge is 0.416 e. The molecular formula is C12H8F6O3. The highest BCUT2D eigenvalue weighted by Gasteiger charge is 2.37. The Kier molecular flexibility index (Phi) is 4.87. The Labute approximate surface area is 114 Å². The van der Waals surface area contributed by atoms with Crippen molar-refractivity contribution in [1.29, 1.82) is 0 Å². The Morgan fingerprint density at radius 3 is 1.90 bits per heavy atom. The van der Waals surface area contributed by atoms with E-state index >= 15 is 0 Å². The molecule has 1 aromatic carbocycles. The molecule has 1 aromatic rings. The normalized spacial score (nSPS) is 12.7. The van der Waals surface area contributed by atoms with Crippen molar-refractivity contribution in [1.82, 2.24) is 0 Å². The Bertz CT molecular complexity index is 513. The zero-order valence-corrected chi connectivity index (χ0v) is 10.1. The Morgan fingerprint density at radius 1 is 1.05 bits per heavy atom. The molecule has 0 unspecified atom stereocenters. The number of rotatable bonds is 4. The first-order valence-corrected chi connectivity index (χ1v) is 5.32. The molecule has 21 heavy (non-hydrogen) atoms. The van der Waals surface area contributed by atoms with E-state index in [4.69, 9.17) is 5.11 Å². The number of ether oxygens (including phenoxy) is 1. The van der Waals surface area contributed by atoms with E-state index in [1.54, 1.807) is 0 Å². The molecule has 0 saturated carbocycles. The third-order valence-corrected chi connectivity index (χ3v) is 2.17. The monoisotopic (exact) mass is 314 g/mol. The number of benzene rings is 1. The van der Waals surface area contributed by atoms with Crippen molar-refractivity contribution in [2.24, 2.45) is 0 Å². The first-order valence-electron chi connectivity index (χ1n) is 5.32. The minimum Gasteiger partial charge on any atom is -0.489 e. The van der Waals surface area contributed by atoms with Crippen LogP contribution in [0.3, 0.4) is 0 Å². The molecular weight excluding hydrogens is 306 g/mol. The molecule has 0 bridgehead atoms. The molecule has 0 radical (unpaired) electrons. The summed E-state index contributed by atoms with van der Waals surface area (Å²) in [5.41, 5.74) is -3.01. The molecule has 0 heterocycles. The number of carboxylic acids is 1. The summed E-state index contributed by atoms with van der Waals surface area (Å²) in [4.78, 5) is 10.1. The lowest BCUT2D eigenvalue weighted by molar-refractivity contribution is -0.143. The zero-order chi connectivity index (χ0) is 16.3. The summed E-state index contributed by atoms with van der Waals surface area (Å²) in [7, 11) is 0. The van der Waals surface area contributed by atoms with Crippen LogP contribution in [0.1, 0.15) is 11.1 Å². The topological polar surface area (TPSA) is 46.5 Å². The molecule has 0 atom stereocenters. The van der Waals surface area contributed by atoms with E-state index in [-0.39, 0.29) is 6.07 Å². The molecule has 0 aliphatic heterocycles. The van der Waals surface area contributed by atoms with E-state index in [1.165, 1.54) is 0 Å². The van der Waals surface area contributed by atoms with Crippen molar-refractivity contribution < 1.29 is 41.0 Å². The number of halogens is 6. The average molecular weight is 314 g/mol. The highest BCUT2D eigenvalue weighted by atomic mass is 19.4. The second-order valence-electron chi connectivity index (χ2n) is 3.79. The summed E-state index contributed by atoms with van der Waals surface area (Å²) in [5.74, 6) is -1.98. The van der Waals surface area contributed by atoms with Crippen molar-refractivity contribution in [3.05, 3.63) is 41.5 Å². The third-order valence-electron chi connectivity index (χ3n) is 2.17. The van der Waals surface area contributed by atoms with Gasteiger partial charge in [0, 0.05) is 6.08 Å². The van der Waals surface area contributed by atoms with Gasteiger partial charge in [0.15, 0.2) is 0 Å². The minimum absolute atomic E-state index is 0.0278. The van der Waals surface area contributed by atoms with Crippen LogP contribution < -0.4 is 4.74 Å². The molecule has 116 valence electrons. The molecule has 0 spiro atoms. The van der Waals surface area contributed by atoms with Crippen LogP contribution >= 0.6 is 0 Å². The highest BCUT2D eigenvalue weighted by Crippen LogP contribution is 2.38. The average Bonchev–Trinajstić information content (AvgIpc) is 2.32. The van der Waals surface area contributed by atoms with Crippen LogP contribution in [0, 0.1) is 0 Å². The summed E-state index contributed by atoms with van der Waals surface area (Å²) in [5, 5.41) is 8.27. The van der Waals surface area contributed by atoms with Gasteiger partial charge < -0.3 is 9.84 Å². The fraction of sp³-hybridized carbons (Fsp3) is 0.250. The van der Waals surface area contributed by atoms with Gasteiger partial charge in [0.1, 0.15) is 12.4 Å². The van der Waals surface area contributed by atoms with Crippen molar-refractivity contribution in [3.63, 3.8) is 0 Å². The fourth-order valence-electron chi connectivity index (χ4n) is 1.30. The minimum atomic E-state index is -4.96. The maximum Gasteiger partial charge on any atom is 0.416 e. The zero-order valence-electron chi connectivity index (χ0n) is 10.1. The number of carboxylic acid groups (broad SMARTS) is 1. The van der Waals surface area contributed by atoms with Crippen LogP contribution in [0.4, 0.5) is 26.3 Å². The van der Waals surface area contributed by atoms with Crippen LogP contribution in [-0.2, 0) is 17.1 Å². The summed E-state index contributed by atoms with van der Waals surface area (Å²) >= 11 is 0. The lowest BCUT2D eigenvalue weighted by atomic mass is 10.1. The standard InChI is InChI=1S/C12H8F6O3/c13-11(14,15)7-4-8(12(16,17)18)6-9(5-7)21-3-1-2-10(19)20/h1-2,4-6H,3H2,(H,19,20). The van der Waals surface area contributed by atoms with Crippen LogP contribution in [0.25, 0.3) is 0 Å². The Hall–Kier alpha value is -2.19. The Balaban J connectivity index is 3.06. The predicted molar refractivity (Wildman–Crippen MR) is 58.7 cm³/mol. The van der Waals surface area contributed by atoms with Gasteiger partial charge in [-0.25, -0.2) is 4.79 Å². The molecule has 0 fully saturated rings. The largest absolute Gasteiger partial charge is 0.489 e. The maximum absolute atomic E-state index is 12.5. The second kappa shape index (κ2) is 6.06. The van der Waals surface area contributed by atoms with Crippen LogP contribution in [-0.4, -0.2) is 17.7 Å². The van der Waals surface area contributed by atoms with Gasteiger partial charge in [-0.05, 0) is 24.3 Å². The number of alkyl halides is 6. The quantitative estimate of drug-likeness (QED) is 0.680. The van der Waals surface area contributed by atoms with Crippen LogP contribution in [0.2, 0.25) is 0 Å². The second-order valence-corrected chi connectivity index (χ2v) is 3.79. The first-order chi connectivity index (χ1) is 9.50. The first kappa shape index (κ1) is 16.9. The van der Waals surface area contributed by atoms with Gasteiger partial charge in [-0.15, -0.1) is 0 Å². The molecule has 9 heteroatoms. The van der Waals surface area contributed by atoms with Gasteiger partial charge in [-0.1, -0.05) is 0 Å². The number of hydrogen-bond donors (Lipinski definition) is 1. The van der Waals surface area contributed by atoms with E-state index in [9.17, 15) is 31.1 Å². The van der Waals surface area contributed by atoms with E-state index in [0.29, 0.717) is 18.2 Å². The molecule has 0 saturated heterocycles. The third kappa shape index (κ3) is 5.36. The Morgan fingerprint density at radius 2 is 1.52 bits per heavy atom. The SMILES string of the molecule is O=C(O)C=CCOc1cc(C(F)(F)F)cc(C(F)(F)F)c1. The summed E-state index contributed by atoms with van der Waals surface area (Å²) in [6.45, 7) is -0.481. The summed E-state index contributed by atoms with van der Waals surface area (Å²) in [6.07, 6.45) is -8.33. The van der Waals surface area contributed by atoms with E-state index in [2.05, 4.69) is 4.74 Å². The molecule has 0 amide bonds. The molecule has 1 rings (SSSR count). The molecule has 0 aliphatic rings. The number of hydrogen-bond acceptors (Lipinski definition) is 2. The van der Waals surface area contributed by atoms with Crippen molar-refractivity contribution >= 4 is 5.97 Å². The van der Waals surface area contributed by atoms with Gasteiger partial charge in [0.05, 0.1) is 11.1 Å². The van der Waals surface area contributed by atoms with Crippen molar-refractivity contribution in [2.75, 3.05) is 6.61 Å². The van der Waals surface area contributed by atoms with E-state index in [0.717, 1.165) is 6.08 Å². The van der Waals surface area contributed by atoms with Gasteiger partial charge in [0.25, 0.3) is 0 Å². The van der Waals surface area contributed by atoms with Gasteiger partial charge in [0.2, 0.25) is 0 Å². The predicted octanol–water partition coefficient (Wildman–Crippen LogP) is 3.74. The lowest BCUT2D eigenvalue weighted by Crippen LogP contribution is -2.11. The number of carbonyl (C=O) groups is 1. The van der Waals surface area contributed by atoms with Crippen molar-refractivity contribution in [2.45, 2.75) is 12.4 Å². The fourth-order valence-corrected chi connectivity index (χ4v) is 1.30. The molecule has 1 N–H and O–H groups in total. The van der Waals surface area contributed by atoms with Crippen LogP contribution in [0.15, 0.2) is 30.4 Å². The molecule has 3 nitrogen and oxygen atoms in total. The highest BCUT2D eigenvalue weighted by molar-refractivity contribution is 5.79. The van der Waals surface area contributed by atoms with Crippen LogP contribution in [0.5, 0.6) is 5.75 Å². The van der Waals surface area contributed by atoms with E-state index in [1.807, 2.05) is 0 Å². The summed E-state index contributed by atoms with van der Waals surface area (Å²) < 4.78 is 79.8. The van der Waals surface area contributed by atoms with Gasteiger partial charge >= 0.3 is 18.3 Å².